The molecule has 1 aliphatic heterocycles. The quantitative estimate of drug-likeness (QED) is 0.874. The van der Waals surface area contributed by atoms with Crippen LogP contribution < -0.4 is 15.2 Å². The summed E-state index contributed by atoms with van der Waals surface area (Å²) in [6.45, 7) is 5.41. The molecule has 1 saturated heterocycles. The third-order valence-electron chi connectivity index (χ3n) is 4.28. The summed E-state index contributed by atoms with van der Waals surface area (Å²) in [7, 11) is 3.28. The second-order valence-electron chi connectivity index (χ2n) is 5.41. The van der Waals surface area contributed by atoms with Crippen molar-refractivity contribution in [3.63, 3.8) is 0 Å². The molecule has 1 atom stereocenters. The van der Waals surface area contributed by atoms with Crippen molar-refractivity contribution in [1.29, 1.82) is 0 Å². The number of amides is 1. The fourth-order valence-corrected chi connectivity index (χ4v) is 2.81. The first-order valence-electron chi connectivity index (χ1n) is 7.54. The molecule has 6 heteroatoms. The molecule has 1 fully saturated rings. The molecular weight excluding hydrogens is 282 g/mol. The van der Waals surface area contributed by atoms with Gasteiger partial charge in [0.05, 0.1) is 20.8 Å². The number of nitrogens with zero attached hydrogens (tertiary/aromatic N) is 2. The molecule has 1 aliphatic rings. The highest BCUT2D eigenvalue weighted by Gasteiger charge is 2.24. The Morgan fingerprint density at radius 3 is 2.36 bits per heavy atom. The van der Waals surface area contributed by atoms with Crippen LogP contribution in [-0.2, 0) is 4.79 Å². The Bertz CT molecular complexity index is 513. The van der Waals surface area contributed by atoms with Gasteiger partial charge in [0.1, 0.15) is 0 Å². The van der Waals surface area contributed by atoms with Crippen LogP contribution in [0, 0.1) is 0 Å². The molecule has 0 bridgehead atoms. The van der Waals surface area contributed by atoms with Crippen molar-refractivity contribution in [3.05, 3.63) is 23.8 Å². The largest absolute Gasteiger partial charge is 0.493 e. The molecule has 6 nitrogen and oxygen atoms in total. The minimum Gasteiger partial charge on any atom is -0.493 e. The van der Waals surface area contributed by atoms with Crippen LogP contribution in [0.25, 0.3) is 0 Å². The Labute approximate surface area is 131 Å². The van der Waals surface area contributed by atoms with E-state index in [0.717, 1.165) is 37.7 Å². The van der Waals surface area contributed by atoms with Gasteiger partial charge in [-0.1, -0.05) is 6.07 Å². The summed E-state index contributed by atoms with van der Waals surface area (Å²) in [6, 6.07) is 6.26. The molecule has 122 valence electrons. The molecule has 0 radical (unpaired) electrons. The first kappa shape index (κ1) is 16.6. The van der Waals surface area contributed by atoms with E-state index in [0.29, 0.717) is 0 Å². The number of rotatable bonds is 5. The summed E-state index contributed by atoms with van der Waals surface area (Å²) < 4.78 is 10.6. The van der Waals surface area contributed by atoms with E-state index in [1.165, 1.54) is 5.56 Å². The fraction of sp³-hybridized carbons (Fsp3) is 0.562. The monoisotopic (exact) mass is 307 g/mol. The van der Waals surface area contributed by atoms with Gasteiger partial charge in [0.25, 0.3) is 0 Å². The number of carbonyl (C=O) groups excluding carboxylic acids is 1. The summed E-state index contributed by atoms with van der Waals surface area (Å²) in [6.07, 6.45) is 0. The second kappa shape index (κ2) is 7.47. The van der Waals surface area contributed by atoms with Crippen molar-refractivity contribution >= 4 is 5.91 Å². The van der Waals surface area contributed by atoms with Gasteiger partial charge in [-0.25, -0.2) is 0 Å². The van der Waals surface area contributed by atoms with Crippen molar-refractivity contribution in [2.45, 2.75) is 13.0 Å². The van der Waals surface area contributed by atoms with Gasteiger partial charge in [-0.05, 0) is 24.6 Å². The Kier molecular flexibility index (Phi) is 5.63. The molecule has 0 aromatic heterocycles. The van der Waals surface area contributed by atoms with Crippen LogP contribution in [0.3, 0.4) is 0 Å². The maximum atomic E-state index is 11.6. The van der Waals surface area contributed by atoms with Crippen LogP contribution in [0.15, 0.2) is 18.2 Å². The Balaban J connectivity index is 2.03. The molecule has 22 heavy (non-hydrogen) atoms. The zero-order valence-corrected chi connectivity index (χ0v) is 13.5. The normalized spacial score (nSPS) is 17.2. The average molecular weight is 307 g/mol. The van der Waals surface area contributed by atoms with Crippen LogP contribution in [0.2, 0.25) is 0 Å². The summed E-state index contributed by atoms with van der Waals surface area (Å²) in [5.41, 5.74) is 6.59. The highest BCUT2D eigenvalue weighted by Crippen LogP contribution is 2.32. The van der Waals surface area contributed by atoms with Crippen LogP contribution in [0.1, 0.15) is 18.5 Å². The lowest BCUT2D eigenvalue weighted by Crippen LogP contribution is -2.50. The lowest BCUT2D eigenvalue weighted by molar-refractivity contribution is -0.131. The van der Waals surface area contributed by atoms with Gasteiger partial charge in [0, 0.05) is 32.2 Å². The van der Waals surface area contributed by atoms with E-state index in [1.54, 1.807) is 14.2 Å². The Morgan fingerprint density at radius 2 is 1.82 bits per heavy atom. The molecule has 2 rings (SSSR count). The summed E-state index contributed by atoms with van der Waals surface area (Å²) in [5, 5.41) is 0. The number of nitrogens with two attached hydrogens (primary N) is 1. The molecular formula is C16H25N3O3. The van der Waals surface area contributed by atoms with Gasteiger partial charge in [-0.3, -0.25) is 9.69 Å². The summed E-state index contributed by atoms with van der Waals surface area (Å²) >= 11 is 0. The summed E-state index contributed by atoms with van der Waals surface area (Å²) in [5.74, 6) is 1.50. The van der Waals surface area contributed by atoms with Crippen LogP contribution in [0.4, 0.5) is 0 Å². The molecule has 1 aromatic rings. The zero-order chi connectivity index (χ0) is 16.1. The number of hydrogen-bond acceptors (Lipinski definition) is 5. The molecule has 0 spiro atoms. The van der Waals surface area contributed by atoms with Crippen LogP contribution >= 0.6 is 0 Å². The van der Waals surface area contributed by atoms with E-state index < -0.39 is 0 Å². The topological polar surface area (TPSA) is 68.0 Å². The highest BCUT2D eigenvalue weighted by molar-refractivity contribution is 5.78. The lowest BCUT2D eigenvalue weighted by Gasteiger charge is -2.38. The maximum absolute atomic E-state index is 11.6. The Hall–Kier alpha value is -1.79. The fourth-order valence-electron chi connectivity index (χ4n) is 2.81. The van der Waals surface area contributed by atoms with E-state index in [9.17, 15) is 4.79 Å². The summed E-state index contributed by atoms with van der Waals surface area (Å²) in [4.78, 5) is 15.8. The number of carbonyl (C=O) groups is 1. The van der Waals surface area contributed by atoms with Crippen molar-refractivity contribution in [2.24, 2.45) is 5.73 Å². The molecule has 1 heterocycles. The number of ether oxygens (including phenoxy) is 2. The second-order valence-corrected chi connectivity index (χ2v) is 5.41. The van der Waals surface area contributed by atoms with E-state index in [4.69, 9.17) is 15.2 Å². The van der Waals surface area contributed by atoms with Crippen molar-refractivity contribution < 1.29 is 14.3 Å². The van der Waals surface area contributed by atoms with Gasteiger partial charge in [0.15, 0.2) is 11.5 Å². The third kappa shape index (κ3) is 3.51. The van der Waals surface area contributed by atoms with Crippen molar-refractivity contribution in [3.8, 4) is 11.5 Å². The molecule has 1 unspecified atom stereocenters. The molecule has 1 amide bonds. The van der Waals surface area contributed by atoms with E-state index in [1.807, 2.05) is 17.0 Å². The lowest BCUT2D eigenvalue weighted by atomic mass is 10.1. The molecule has 2 N–H and O–H groups in total. The molecule has 0 aliphatic carbocycles. The third-order valence-corrected chi connectivity index (χ3v) is 4.28. The Morgan fingerprint density at radius 1 is 1.18 bits per heavy atom. The number of methoxy groups -OCH3 is 2. The van der Waals surface area contributed by atoms with Gasteiger partial charge < -0.3 is 20.1 Å². The maximum Gasteiger partial charge on any atom is 0.236 e. The van der Waals surface area contributed by atoms with Gasteiger partial charge in [0.2, 0.25) is 5.91 Å². The zero-order valence-electron chi connectivity index (χ0n) is 13.5. The highest BCUT2D eigenvalue weighted by atomic mass is 16.5. The number of hydrogen-bond donors (Lipinski definition) is 1. The minimum atomic E-state index is 0.0263. The first-order chi connectivity index (χ1) is 10.6. The standard InChI is InChI=1S/C16H25N3O3/c1-12(13-4-5-14(21-2)15(10-13)22-3)18-6-8-19(9-7-18)16(20)11-17/h4-5,10,12H,6-9,11,17H2,1-3H3. The van der Waals surface area contributed by atoms with Crippen LogP contribution in [-0.4, -0.2) is 62.7 Å². The van der Waals surface area contributed by atoms with Crippen LogP contribution in [0.5, 0.6) is 11.5 Å². The minimum absolute atomic E-state index is 0.0263. The van der Waals surface area contributed by atoms with E-state index >= 15 is 0 Å². The first-order valence-corrected chi connectivity index (χ1v) is 7.54. The molecule has 1 aromatic carbocycles. The predicted molar refractivity (Wildman–Crippen MR) is 85.2 cm³/mol. The van der Waals surface area contributed by atoms with Gasteiger partial charge in [-0.2, -0.15) is 0 Å². The van der Waals surface area contributed by atoms with Crippen molar-refractivity contribution in [1.82, 2.24) is 9.80 Å². The van der Waals surface area contributed by atoms with Gasteiger partial charge >= 0.3 is 0 Å². The smallest absolute Gasteiger partial charge is 0.236 e. The average Bonchev–Trinajstić information content (AvgIpc) is 2.59. The number of piperazine rings is 1. The van der Waals surface area contributed by atoms with Gasteiger partial charge in [-0.15, -0.1) is 0 Å². The van der Waals surface area contributed by atoms with E-state index in [2.05, 4.69) is 17.9 Å². The molecule has 0 saturated carbocycles. The predicted octanol–water partition coefficient (Wildman–Crippen LogP) is 0.868. The number of benzene rings is 1. The van der Waals surface area contributed by atoms with Crippen molar-refractivity contribution in [2.75, 3.05) is 46.9 Å². The SMILES string of the molecule is COc1ccc(C(C)N2CCN(C(=O)CN)CC2)cc1OC. The van der Waals surface area contributed by atoms with E-state index in [-0.39, 0.29) is 18.5 Å².